The molecule has 1 amide bonds. The van der Waals surface area contributed by atoms with Gasteiger partial charge in [-0.3, -0.25) is 9.59 Å². The average molecular weight is 142 g/mol. The smallest absolute Gasteiger partial charge is 0.247 e. The molecular weight excluding hydrogens is 134 g/mol. The minimum absolute atomic E-state index is 0.0462. The van der Waals surface area contributed by atoms with E-state index in [-0.39, 0.29) is 12.2 Å². The van der Waals surface area contributed by atoms with E-state index in [1.807, 2.05) is 0 Å². The molecule has 0 aliphatic heterocycles. The first-order valence-corrected chi connectivity index (χ1v) is 2.57. The van der Waals surface area contributed by atoms with Crippen molar-refractivity contribution in [3.05, 3.63) is 11.6 Å². The minimum atomic E-state index is -0.662. The van der Waals surface area contributed by atoms with Crippen molar-refractivity contribution < 1.29 is 14.3 Å². The average Bonchev–Trinajstić information content (AvgIpc) is 1.87. The molecule has 4 nitrogen and oxygen atoms in total. The number of nitrogens with two attached hydrogens (primary N) is 1. The van der Waals surface area contributed by atoms with Crippen molar-refractivity contribution in [2.45, 2.75) is 0 Å². The molecule has 10 heavy (non-hydrogen) atoms. The van der Waals surface area contributed by atoms with Crippen LogP contribution in [0.5, 0.6) is 0 Å². The van der Waals surface area contributed by atoms with Gasteiger partial charge in [0, 0.05) is 18.8 Å². The molecule has 0 saturated carbocycles. The topological polar surface area (TPSA) is 69.4 Å². The summed E-state index contributed by atoms with van der Waals surface area (Å²) < 4.78 is 4.57. The van der Waals surface area contributed by atoms with Gasteiger partial charge >= 0.3 is 0 Å². The first-order chi connectivity index (χ1) is 4.72. The normalized spacial score (nSPS) is 11.1. The summed E-state index contributed by atoms with van der Waals surface area (Å²) in [6.45, 7) is 0.0462. The molecule has 0 unspecified atom stereocenters. The Morgan fingerprint density at radius 1 is 1.80 bits per heavy atom. The molecule has 0 aromatic carbocycles. The predicted molar refractivity (Wildman–Crippen MR) is 34.8 cm³/mol. The van der Waals surface area contributed by atoms with Gasteiger partial charge in [0.15, 0.2) is 0 Å². The molecule has 0 heterocycles. The van der Waals surface area contributed by atoms with Gasteiger partial charge in [-0.05, 0) is 0 Å². The number of hydrogen-bond acceptors (Lipinski definition) is 3. The molecule has 0 saturated heterocycles. The van der Waals surface area contributed by atoms with Crippen LogP contribution in [0.15, 0.2) is 11.6 Å². The molecule has 0 spiro atoms. The molecule has 0 fully saturated rings. The highest BCUT2D eigenvalue weighted by Crippen LogP contribution is 1.90. The van der Waals surface area contributed by atoms with Crippen molar-refractivity contribution in [1.82, 2.24) is 0 Å². The fraction of sp³-hybridized carbons (Fsp3) is 0.333. The zero-order valence-corrected chi connectivity index (χ0v) is 5.59. The second-order valence-corrected chi connectivity index (χ2v) is 1.58. The zero-order valence-electron chi connectivity index (χ0n) is 5.59. The van der Waals surface area contributed by atoms with Crippen LogP contribution in [0.1, 0.15) is 0 Å². The van der Waals surface area contributed by atoms with E-state index in [9.17, 15) is 9.59 Å². The molecule has 0 aromatic heterocycles. The van der Waals surface area contributed by atoms with Gasteiger partial charge in [0.25, 0.3) is 0 Å². The number of rotatable bonds is 4. The quantitative estimate of drug-likeness (QED) is 0.520. The maximum atomic E-state index is 10.4. The van der Waals surface area contributed by atoms with E-state index in [1.54, 1.807) is 0 Å². The zero-order chi connectivity index (χ0) is 7.98. The fourth-order valence-electron chi connectivity index (χ4n) is 0.411. The monoisotopic (exact) mass is 142 g/mol. The summed E-state index contributed by atoms with van der Waals surface area (Å²) in [5, 5.41) is 0. The highest BCUT2D eigenvalue weighted by atomic mass is 16.5. The van der Waals surface area contributed by atoms with Gasteiger partial charge in [0.2, 0.25) is 12.2 Å². The van der Waals surface area contributed by atoms with Gasteiger partial charge in [-0.1, -0.05) is 0 Å². The number of carbonyl (C=O) groups excluding carboxylic acids is 2. The summed E-state index contributed by atoms with van der Waals surface area (Å²) >= 11 is 0. The lowest BCUT2D eigenvalue weighted by molar-refractivity contribution is -0.115. The number of allylic oxidation sites excluding steroid dienone is 1. The molecule has 55 valence electrons. The Labute approximate surface area is 58.7 Å². The van der Waals surface area contributed by atoms with Gasteiger partial charge in [0.1, 0.15) is 0 Å². The van der Waals surface area contributed by atoms with Crippen LogP contribution in [-0.2, 0) is 14.3 Å². The van der Waals surface area contributed by atoms with Crippen LogP contribution in [0.3, 0.4) is 0 Å². The molecule has 0 aliphatic carbocycles. The lowest BCUT2D eigenvalue weighted by atomic mass is 10.2. The Morgan fingerprint density at radius 3 is 2.70 bits per heavy atom. The van der Waals surface area contributed by atoms with E-state index in [2.05, 4.69) is 4.74 Å². The van der Waals surface area contributed by atoms with E-state index in [0.29, 0.717) is 0 Å². The molecular formula is C6H8NO3. The number of methoxy groups -OCH3 is 1. The Balaban J connectivity index is 4.11. The number of primary amides is 1. The number of carbonyl (C=O) groups is 1. The van der Waals surface area contributed by atoms with Crippen molar-refractivity contribution in [1.29, 1.82) is 0 Å². The molecule has 0 rings (SSSR count). The summed E-state index contributed by atoms with van der Waals surface area (Å²) in [6.07, 6.45) is 2.41. The lowest BCUT2D eigenvalue weighted by Gasteiger charge is -1.96. The van der Waals surface area contributed by atoms with Crippen LogP contribution in [0, 0.1) is 0 Å². The third-order valence-corrected chi connectivity index (χ3v) is 0.849. The summed E-state index contributed by atoms with van der Waals surface area (Å²) in [4.78, 5) is 20.1. The first kappa shape index (κ1) is 8.84. The first-order valence-electron chi connectivity index (χ1n) is 2.57. The third kappa shape index (κ3) is 2.99. The van der Waals surface area contributed by atoms with Gasteiger partial charge in [0.05, 0.1) is 6.61 Å². The highest BCUT2D eigenvalue weighted by Gasteiger charge is 2.02. The maximum absolute atomic E-state index is 10.4. The van der Waals surface area contributed by atoms with E-state index in [0.717, 1.165) is 6.08 Å². The van der Waals surface area contributed by atoms with Gasteiger partial charge in [-0.25, -0.2) is 0 Å². The number of ether oxygens (including phenoxy) is 1. The van der Waals surface area contributed by atoms with Crippen LogP contribution in [-0.4, -0.2) is 25.9 Å². The molecule has 0 atom stereocenters. The van der Waals surface area contributed by atoms with Crippen LogP contribution < -0.4 is 5.73 Å². The SMILES string of the molecule is COCC(=C[C]=O)C(N)=O. The van der Waals surface area contributed by atoms with Crippen LogP contribution in [0.4, 0.5) is 0 Å². The Bertz CT molecular complexity index is 162. The highest BCUT2D eigenvalue weighted by molar-refractivity contribution is 5.95. The van der Waals surface area contributed by atoms with E-state index in [4.69, 9.17) is 5.73 Å². The summed E-state index contributed by atoms with van der Waals surface area (Å²) in [5.41, 5.74) is 4.97. The second kappa shape index (κ2) is 4.69. The van der Waals surface area contributed by atoms with Crippen LogP contribution >= 0.6 is 0 Å². The second-order valence-electron chi connectivity index (χ2n) is 1.58. The summed E-state index contributed by atoms with van der Waals surface area (Å²) in [6, 6.07) is 0. The Kier molecular flexibility index (Phi) is 4.15. The Morgan fingerprint density at radius 2 is 2.40 bits per heavy atom. The standard InChI is InChI=1S/C6H8NO3/c1-10-4-5(2-3-8)6(7)9/h2H,4H2,1H3,(H2,7,9). The Hall–Kier alpha value is -1.16. The van der Waals surface area contributed by atoms with E-state index in [1.165, 1.54) is 13.4 Å². The van der Waals surface area contributed by atoms with Gasteiger partial charge in [-0.2, -0.15) is 0 Å². The largest absolute Gasteiger partial charge is 0.380 e. The summed E-state index contributed by atoms with van der Waals surface area (Å²) in [5.74, 6) is -0.662. The minimum Gasteiger partial charge on any atom is -0.380 e. The van der Waals surface area contributed by atoms with Crippen molar-refractivity contribution in [3.8, 4) is 0 Å². The number of hydrogen-bond donors (Lipinski definition) is 1. The van der Waals surface area contributed by atoms with E-state index < -0.39 is 5.91 Å². The van der Waals surface area contributed by atoms with Crippen molar-refractivity contribution in [2.24, 2.45) is 5.73 Å². The van der Waals surface area contributed by atoms with Crippen molar-refractivity contribution in [3.63, 3.8) is 0 Å². The summed E-state index contributed by atoms with van der Waals surface area (Å²) in [7, 11) is 1.40. The molecule has 0 aromatic rings. The van der Waals surface area contributed by atoms with Crippen LogP contribution in [0.2, 0.25) is 0 Å². The van der Waals surface area contributed by atoms with Crippen molar-refractivity contribution >= 4 is 12.2 Å². The van der Waals surface area contributed by atoms with Crippen molar-refractivity contribution in [2.75, 3.05) is 13.7 Å². The van der Waals surface area contributed by atoms with Gasteiger partial charge < -0.3 is 10.5 Å². The lowest BCUT2D eigenvalue weighted by Crippen LogP contribution is -2.17. The predicted octanol–water partition coefficient (Wildman–Crippen LogP) is -0.846. The molecule has 0 bridgehead atoms. The third-order valence-electron chi connectivity index (χ3n) is 0.849. The molecule has 0 aliphatic rings. The van der Waals surface area contributed by atoms with Crippen LogP contribution in [0.25, 0.3) is 0 Å². The molecule has 4 heteroatoms. The fourth-order valence-corrected chi connectivity index (χ4v) is 0.411. The molecule has 1 radical (unpaired) electrons. The van der Waals surface area contributed by atoms with Gasteiger partial charge in [-0.15, -0.1) is 0 Å². The number of amides is 1. The molecule has 2 N–H and O–H groups in total. The van der Waals surface area contributed by atoms with E-state index >= 15 is 0 Å². The maximum Gasteiger partial charge on any atom is 0.247 e.